The molecule has 0 saturated carbocycles. The van der Waals surface area contributed by atoms with Crippen molar-refractivity contribution < 1.29 is 4.74 Å². The van der Waals surface area contributed by atoms with Crippen LogP contribution in [0.4, 0.5) is 0 Å². The van der Waals surface area contributed by atoms with Crippen molar-refractivity contribution in [1.29, 1.82) is 0 Å². The van der Waals surface area contributed by atoms with Crippen LogP contribution in [-0.4, -0.2) is 37.7 Å². The third-order valence-electron chi connectivity index (χ3n) is 2.78. The largest absolute Gasteiger partial charge is 0.380 e. The van der Waals surface area contributed by atoms with Crippen LogP contribution in [-0.2, 0) is 4.74 Å². The second-order valence-corrected chi connectivity index (χ2v) is 4.14. The van der Waals surface area contributed by atoms with Crippen LogP contribution < -0.4 is 0 Å². The van der Waals surface area contributed by atoms with Crippen LogP contribution in [0.1, 0.15) is 60.8 Å². The summed E-state index contributed by atoms with van der Waals surface area (Å²) in [5, 5.41) is 0. The number of hydrogen-bond donors (Lipinski definition) is 0. The lowest BCUT2D eigenvalue weighted by Gasteiger charge is -2.29. The summed E-state index contributed by atoms with van der Waals surface area (Å²) in [6.07, 6.45) is 3.87. The molecule has 0 unspecified atom stereocenters. The van der Waals surface area contributed by atoms with E-state index in [1.165, 1.54) is 25.9 Å². The zero-order valence-electron chi connectivity index (χ0n) is 13.1. The van der Waals surface area contributed by atoms with Crippen molar-refractivity contribution in [2.45, 2.75) is 60.8 Å². The van der Waals surface area contributed by atoms with Gasteiger partial charge in [-0.25, -0.2) is 0 Å². The Morgan fingerprint density at radius 2 is 1.53 bits per heavy atom. The molecule has 0 amide bonds. The molecular weight excluding hydrogens is 210 g/mol. The van der Waals surface area contributed by atoms with Gasteiger partial charge in [0.25, 0.3) is 0 Å². The van der Waals surface area contributed by atoms with E-state index in [0.29, 0.717) is 0 Å². The van der Waals surface area contributed by atoms with E-state index in [0.717, 1.165) is 32.1 Å². The summed E-state index contributed by atoms with van der Waals surface area (Å²) < 4.78 is 5.47. The first-order valence-electron chi connectivity index (χ1n) is 7.63. The first-order chi connectivity index (χ1) is 8.33. The Kier molecular flexibility index (Phi) is 18.0. The topological polar surface area (TPSA) is 12.5 Å². The van der Waals surface area contributed by atoms with E-state index in [-0.39, 0.29) is 0 Å². The minimum absolute atomic E-state index is 0.919. The van der Waals surface area contributed by atoms with E-state index < -0.39 is 0 Å². The van der Waals surface area contributed by atoms with Crippen molar-refractivity contribution in [2.24, 2.45) is 5.92 Å². The van der Waals surface area contributed by atoms with Crippen molar-refractivity contribution in [3.05, 3.63) is 0 Å². The highest BCUT2D eigenvalue weighted by Gasteiger charge is 2.14. The highest BCUT2D eigenvalue weighted by atomic mass is 16.5. The third-order valence-corrected chi connectivity index (χ3v) is 2.78. The van der Waals surface area contributed by atoms with Crippen molar-refractivity contribution in [3.63, 3.8) is 0 Å². The molecule has 2 heteroatoms. The van der Waals surface area contributed by atoms with Gasteiger partial charge in [0.05, 0.1) is 6.61 Å². The lowest BCUT2D eigenvalue weighted by atomic mass is 9.99. The molecule has 1 aliphatic heterocycles. The van der Waals surface area contributed by atoms with Crippen LogP contribution in [0, 0.1) is 5.92 Å². The average molecular weight is 245 g/mol. The van der Waals surface area contributed by atoms with E-state index in [9.17, 15) is 0 Å². The summed E-state index contributed by atoms with van der Waals surface area (Å²) in [6.45, 7) is 18.0. The summed E-state index contributed by atoms with van der Waals surface area (Å²) in [7, 11) is 0. The summed E-state index contributed by atoms with van der Waals surface area (Å²) in [5.41, 5.74) is 0. The number of likely N-dealkylation sites (tertiary alicyclic amines) is 1. The van der Waals surface area contributed by atoms with Gasteiger partial charge in [-0.15, -0.1) is 0 Å². The summed E-state index contributed by atoms with van der Waals surface area (Å²) in [4.78, 5) is 2.52. The summed E-state index contributed by atoms with van der Waals surface area (Å²) in [6, 6.07) is 0. The fourth-order valence-corrected chi connectivity index (χ4v) is 1.73. The molecule has 0 radical (unpaired) electrons. The molecule has 0 N–H and O–H groups in total. The second kappa shape index (κ2) is 15.9. The molecule has 17 heavy (non-hydrogen) atoms. The molecule has 1 rings (SSSR count). The van der Waals surface area contributed by atoms with Crippen molar-refractivity contribution in [3.8, 4) is 0 Å². The van der Waals surface area contributed by atoms with Gasteiger partial charge in [-0.05, 0) is 38.3 Å². The molecule has 0 aromatic heterocycles. The molecule has 0 bridgehead atoms. The van der Waals surface area contributed by atoms with Gasteiger partial charge >= 0.3 is 0 Å². The first-order valence-corrected chi connectivity index (χ1v) is 7.63. The minimum atomic E-state index is 0.919. The Morgan fingerprint density at radius 1 is 1.00 bits per heavy atom. The maximum absolute atomic E-state index is 5.47. The van der Waals surface area contributed by atoms with Crippen LogP contribution in [0.3, 0.4) is 0 Å². The minimum Gasteiger partial charge on any atom is -0.380 e. The molecule has 1 fully saturated rings. The predicted octanol–water partition coefficient (Wildman–Crippen LogP) is 4.20. The van der Waals surface area contributed by atoms with Gasteiger partial charge in [-0.3, -0.25) is 0 Å². The predicted molar refractivity (Wildman–Crippen MR) is 78.6 cm³/mol. The quantitative estimate of drug-likeness (QED) is 0.673. The van der Waals surface area contributed by atoms with Crippen molar-refractivity contribution in [2.75, 3.05) is 32.8 Å². The number of nitrogens with zero attached hydrogens (tertiary/aromatic N) is 1. The molecule has 1 aliphatic rings. The number of rotatable bonds is 5. The molecule has 1 heterocycles. The standard InChI is InChI=1S/C11H23NO.2C2H6/c1-3-9-13-10-8-12-6-4-11(2)5-7-12;2*1-2/h11H,3-10H2,1-2H3;2*1-2H3. The SMILES string of the molecule is CC.CC.CCCOCCN1CCC(C)CC1. The Balaban J connectivity index is 0. The Bertz CT molecular complexity index is 120. The zero-order chi connectivity index (χ0) is 13.5. The van der Waals surface area contributed by atoms with Gasteiger partial charge in [-0.1, -0.05) is 41.5 Å². The van der Waals surface area contributed by atoms with E-state index in [1.807, 2.05) is 27.7 Å². The lowest BCUT2D eigenvalue weighted by molar-refractivity contribution is 0.0904. The van der Waals surface area contributed by atoms with Crippen LogP contribution in [0.5, 0.6) is 0 Å². The fourth-order valence-electron chi connectivity index (χ4n) is 1.73. The maximum Gasteiger partial charge on any atom is 0.0593 e. The Labute approximate surface area is 110 Å². The van der Waals surface area contributed by atoms with E-state index >= 15 is 0 Å². The van der Waals surface area contributed by atoms with E-state index in [1.54, 1.807) is 0 Å². The van der Waals surface area contributed by atoms with Crippen LogP contribution >= 0.6 is 0 Å². The summed E-state index contributed by atoms with van der Waals surface area (Å²) in [5.74, 6) is 0.938. The smallest absolute Gasteiger partial charge is 0.0593 e. The number of piperidine rings is 1. The van der Waals surface area contributed by atoms with E-state index in [4.69, 9.17) is 4.74 Å². The van der Waals surface area contributed by atoms with Crippen molar-refractivity contribution >= 4 is 0 Å². The summed E-state index contributed by atoms with van der Waals surface area (Å²) >= 11 is 0. The molecule has 2 nitrogen and oxygen atoms in total. The third kappa shape index (κ3) is 12.2. The first kappa shape index (κ1) is 19.3. The highest BCUT2D eigenvalue weighted by molar-refractivity contribution is 4.68. The van der Waals surface area contributed by atoms with Gasteiger partial charge in [0.2, 0.25) is 0 Å². The molecule has 0 spiro atoms. The van der Waals surface area contributed by atoms with Crippen molar-refractivity contribution in [1.82, 2.24) is 4.90 Å². The lowest BCUT2D eigenvalue weighted by Crippen LogP contribution is -2.35. The molecular formula is C15H35NO. The highest BCUT2D eigenvalue weighted by Crippen LogP contribution is 2.15. The molecule has 0 aromatic rings. The van der Waals surface area contributed by atoms with Crippen LogP contribution in [0.2, 0.25) is 0 Å². The fraction of sp³-hybridized carbons (Fsp3) is 1.00. The average Bonchev–Trinajstić information content (AvgIpc) is 2.41. The molecule has 1 saturated heterocycles. The number of hydrogen-bond acceptors (Lipinski definition) is 2. The number of ether oxygens (including phenoxy) is 1. The van der Waals surface area contributed by atoms with Gasteiger partial charge in [0.1, 0.15) is 0 Å². The molecule has 106 valence electrons. The maximum atomic E-state index is 5.47. The van der Waals surface area contributed by atoms with Crippen LogP contribution in [0.25, 0.3) is 0 Å². The van der Waals surface area contributed by atoms with E-state index in [2.05, 4.69) is 18.7 Å². The molecule has 0 atom stereocenters. The van der Waals surface area contributed by atoms with Gasteiger partial charge in [0, 0.05) is 13.2 Å². The second-order valence-electron chi connectivity index (χ2n) is 4.14. The Morgan fingerprint density at radius 3 is 2.00 bits per heavy atom. The van der Waals surface area contributed by atoms with Gasteiger partial charge in [-0.2, -0.15) is 0 Å². The van der Waals surface area contributed by atoms with Gasteiger partial charge in [0.15, 0.2) is 0 Å². The zero-order valence-corrected chi connectivity index (χ0v) is 13.1. The normalized spacial score (nSPS) is 16.6. The molecule has 0 aromatic carbocycles. The molecule has 0 aliphatic carbocycles. The monoisotopic (exact) mass is 245 g/mol. The Hall–Kier alpha value is -0.0800. The van der Waals surface area contributed by atoms with Gasteiger partial charge < -0.3 is 9.64 Å². The van der Waals surface area contributed by atoms with Crippen LogP contribution in [0.15, 0.2) is 0 Å².